The molecule has 45 heteroatoms. The fourth-order valence-corrected chi connectivity index (χ4v) is 10.6. The number of carbonyl (C=O) groups excluding carboxylic acids is 5. The van der Waals surface area contributed by atoms with Gasteiger partial charge in [-0.25, -0.2) is 39.0 Å². The van der Waals surface area contributed by atoms with Gasteiger partial charge >= 0.3 is 30.2 Å². The maximum Gasteiger partial charge on any atom is 0.327 e. The van der Waals surface area contributed by atoms with Crippen LogP contribution in [0, 0.1) is 6.92 Å². The van der Waals surface area contributed by atoms with E-state index in [4.69, 9.17) is 80.7 Å². The van der Waals surface area contributed by atoms with Crippen molar-refractivity contribution in [3.05, 3.63) is 23.3 Å². The lowest BCUT2D eigenvalue weighted by molar-refractivity contribution is -0.102. The normalized spacial score (nSPS) is 16.6. The van der Waals surface area contributed by atoms with E-state index in [0.29, 0.717) is 123 Å². The van der Waals surface area contributed by atoms with Crippen molar-refractivity contribution in [2.45, 2.75) is 131 Å². The molecule has 2 aromatic rings. The highest BCUT2D eigenvalue weighted by molar-refractivity contribution is 5.85. The quantitative estimate of drug-likeness (QED) is 0.0363. The van der Waals surface area contributed by atoms with Gasteiger partial charge in [0.15, 0.2) is 42.6 Å². The van der Waals surface area contributed by atoms with Gasteiger partial charge in [-0.05, 0) is 53.0 Å². The molecular weight excluding hydrogens is 1490 g/mol. The molecule has 1 unspecified atom stereocenters. The molecule has 1 atom stereocenters. The number of hydrogen-bond donors (Lipinski definition) is 3. The summed E-state index contributed by atoms with van der Waals surface area (Å²) in [5.41, 5.74) is 2.60. The Morgan fingerprint density at radius 1 is 0.513 bits per heavy atom. The topological polar surface area (TPSA) is 418 Å². The number of fused-ring (bicyclic) bond motifs is 1. The van der Waals surface area contributed by atoms with Crippen molar-refractivity contribution in [1.29, 1.82) is 0 Å². The Kier molecular flexibility index (Phi) is 55.8. The number of unbranched alkanes of at least 4 members (excludes halogenated alkanes) is 4. The molecule has 0 aliphatic carbocycles. The summed E-state index contributed by atoms with van der Waals surface area (Å²) in [7, 11) is 19.1. The van der Waals surface area contributed by atoms with E-state index in [0.717, 1.165) is 75.9 Å². The van der Waals surface area contributed by atoms with E-state index in [1.807, 2.05) is 11.9 Å². The van der Waals surface area contributed by atoms with Gasteiger partial charge in [0.25, 0.3) is 5.95 Å². The predicted molar refractivity (Wildman–Crippen MR) is 408 cm³/mol. The van der Waals surface area contributed by atoms with Gasteiger partial charge in [-0.2, -0.15) is 25.4 Å². The van der Waals surface area contributed by atoms with E-state index < -0.39 is 18.6 Å². The number of aryl methyl sites for hydroxylation is 1. The first-order valence-corrected chi connectivity index (χ1v) is 37.3. The molecule has 0 saturated carbocycles. The summed E-state index contributed by atoms with van der Waals surface area (Å²) in [6.45, 7) is 24.5. The van der Waals surface area contributed by atoms with E-state index in [9.17, 15) is 29.2 Å². The van der Waals surface area contributed by atoms with E-state index >= 15 is 0 Å². The van der Waals surface area contributed by atoms with Gasteiger partial charge in [-0.3, -0.25) is 59.5 Å². The highest BCUT2D eigenvalue weighted by Crippen LogP contribution is 2.35. The molecule has 0 aromatic carbocycles. The summed E-state index contributed by atoms with van der Waals surface area (Å²) in [5.74, 6) is 2.40. The van der Waals surface area contributed by atoms with Crippen molar-refractivity contribution in [3.8, 4) is 0 Å². The van der Waals surface area contributed by atoms with Crippen LogP contribution < -0.4 is 20.8 Å². The minimum Gasteiger partial charge on any atom is -0.388 e. The largest absolute Gasteiger partial charge is 0.388 e. The molecule has 0 spiro atoms. The monoisotopic (exact) mass is 1620 g/mol. The molecule has 45 nitrogen and oxygen atoms in total. The molecular formula is C68H132N22O23. The first-order valence-electron chi connectivity index (χ1n) is 37.3. The maximum atomic E-state index is 13.4. The molecule has 7 heterocycles. The highest BCUT2D eigenvalue weighted by Gasteiger charge is 2.59. The molecule has 2 aromatic heterocycles. The second-order valence-corrected chi connectivity index (χ2v) is 25.1. The minimum absolute atomic E-state index is 0.00468. The van der Waals surface area contributed by atoms with Crippen LogP contribution in [-0.4, -0.2) is 384 Å². The SMILES string of the molecule is C=NOCc1nc(CNOC)nc(N(O)CC)n1.CCCCOCN1C(=O)N(COCCCC)C2C1N(COCCCC)C(=O)N2COCCCC.COCN1CCCN(COC)C1=O.COCN1CN(C)CN(COC)C1=O.COCN1COCN(COC)C1=O.COCNC(OC)c1nc(C)nc(N(COC)COC)n1. The number of methoxy groups -OCH3 is 10. The first kappa shape index (κ1) is 102. The van der Waals surface area contributed by atoms with Crippen LogP contribution in [0.2, 0.25) is 0 Å². The van der Waals surface area contributed by atoms with Crippen molar-refractivity contribution in [1.82, 2.24) is 94.6 Å². The number of oxime groups is 1. The lowest BCUT2D eigenvalue weighted by Crippen LogP contribution is -2.57. The Labute approximate surface area is 666 Å². The van der Waals surface area contributed by atoms with Gasteiger partial charge in [0.2, 0.25) is 5.95 Å². The number of carbonyl (C=O) groups is 5. The van der Waals surface area contributed by atoms with Crippen molar-refractivity contribution >= 4 is 48.8 Å². The third kappa shape index (κ3) is 37.0. The van der Waals surface area contributed by atoms with E-state index in [2.05, 4.69) is 80.3 Å². The number of amides is 10. The zero-order valence-corrected chi connectivity index (χ0v) is 70.1. The van der Waals surface area contributed by atoms with Crippen molar-refractivity contribution in [2.75, 3.05) is 256 Å². The zero-order valence-electron chi connectivity index (χ0n) is 70.1. The third-order valence-electron chi connectivity index (χ3n) is 15.9. The summed E-state index contributed by atoms with van der Waals surface area (Å²) in [6, 6.07) is -0.586. The average molecular weight is 1630 g/mol. The first-order chi connectivity index (χ1) is 54.7. The van der Waals surface area contributed by atoms with Crippen LogP contribution in [0.15, 0.2) is 5.16 Å². The smallest absolute Gasteiger partial charge is 0.327 e. The number of ether oxygens (including phenoxy) is 15. The van der Waals surface area contributed by atoms with Crippen LogP contribution in [0.4, 0.5) is 35.9 Å². The number of hydroxylamine groups is 2. The molecule has 5 aliphatic rings. The molecule has 113 heavy (non-hydrogen) atoms. The summed E-state index contributed by atoms with van der Waals surface area (Å²) < 4.78 is 78.3. The van der Waals surface area contributed by atoms with Crippen molar-refractivity contribution < 1.29 is 110 Å². The maximum absolute atomic E-state index is 13.4. The molecule has 5 aliphatic heterocycles. The Bertz CT molecular complexity index is 2680. The van der Waals surface area contributed by atoms with E-state index in [1.165, 1.54) is 31.1 Å². The molecule has 10 amide bonds. The lowest BCUT2D eigenvalue weighted by Gasteiger charge is -2.39. The standard InChI is InChI=1S/C24H46N4O6.C12H23N5O4.C9H16N6O3.C8H17N3O3.C8H16N2O3.C7H14N2O4/c1-5-9-13-31-17-25-21-22(27(23(25)29)19-33-15-11-7-3)28(20-34-16-12-8-4)24(30)26(21)18-32-14-10-6-2;1-9-14-10(11(21-5)13-6-18-2)16-12(15-9)17(7-19-3)8-20-4;1-4-15(16)9-13-7(5-11-17-3)12-8(14-9)6-18-10-2;1-9-4-10(6-13-2)8(12)11(5-9)7-14-3;1-12-6-9-4-3-5-10(7-13-2)8(9)11;1-11-3-8-5-13-6-9(4-12-2)7(8)10/h21-22H,5-20H2,1-4H3;11,13H,6-8H2,1-5H3;11,16H,2,4-6H2,1,3H3;4-7H2,1-3H3;3-7H2,1-2H3;3-6H2,1-2H3. The number of anilines is 2. The van der Waals surface area contributed by atoms with Gasteiger partial charge in [0.05, 0.1) is 33.7 Å². The predicted octanol–water partition coefficient (Wildman–Crippen LogP) is 4.08. The van der Waals surface area contributed by atoms with Crippen LogP contribution in [0.25, 0.3) is 0 Å². The number of nitrogens with zero attached hydrogens (tertiary/aromatic N) is 20. The molecule has 5 saturated heterocycles. The number of rotatable bonds is 50. The third-order valence-corrected chi connectivity index (χ3v) is 15.9. The molecule has 5 fully saturated rings. The van der Waals surface area contributed by atoms with Gasteiger partial charge in [0, 0.05) is 124 Å². The summed E-state index contributed by atoms with van der Waals surface area (Å²) in [5, 5.41) is 16.8. The van der Waals surface area contributed by atoms with E-state index in [1.54, 1.807) is 115 Å². The fourth-order valence-electron chi connectivity index (χ4n) is 10.6. The second-order valence-electron chi connectivity index (χ2n) is 25.1. The van der Waals surface area contributed by atoms with Gasteiger partial charge in [0.1, 0.15) is 100 Å². The summed E-state index contributed by atoms with van der Waals surface area (Å²) in [6.07, 6.45) is 7.15. The van der Waals surface area contributed by atoms with Crippen molar-refractivity contribution in [3.63, 3.8) is 0 Å². The minimum atomic E-state index is -0.521. The zero-order chi connectivity index (χ0) is 83.7. The Morgan fingerprint density at radius 3 is 1.32 bits per heavy atom. The molecule has 0 radical (unpaired) electrons. The molecule has 0 bridgehead atoms. The number of hydrogen-bond acceptors (Lipinski definition) is 35. The Balaban J connectivity index is 0.000000480. The fraction of sp³-hybridized carbons (Fsp3) is 0.824. The van der Waals surface area contributed by atoms with Gasteiger partial charge in [-0.15, -0.1) is 5.16 Å². The van der Waals surface area contributed by atoms with Gasteiger partial charge in [-0.1, -0.05) is 53.4 Å². The summed E-state index contributed by atoms with van der Waals surface area (Å²) >= 11 is 0. The van der Waals surface area contributed by atoms with Crippen LogP contribution in [0.3, 0.4) is 0 Å². The summed E-state index contributed by atoms with van der Waals surface area (Å²) in [4.78, 5) is 116. The number of aromatic nitrogens is 6. The molecule has 7 rings (SSSR count). The highest BCUT2D eigenvalue weighted by atomic mass is 16.6. The van der Waals surface area contributed by atoms with E-state index in [-0.39, 0.29) is 103 Å². The van der Waals surface area contributed by atoms with Crippen LogP contribution >= 0.6 is 0 Å². The second kappa shape index (κ2) is 62.0. The lowest BCUT2D eigenvalue weighted by atomic mass is 10.3. The van der Waals surface area contributed by atoms with Crippen LogP contribution in [0.5, 0.6) is 0 Å². The van der Waals surface area contributed by atoms with Crippen LogP contribution in [0.1, 0.15) is 122 Å². The van der Waals surface area contributed by atoms with Crippen molar-refractivity contribution in [2.24, 2.45) is 5.16 Å². The molecule has 652 valence electrons. The average Bonchev–Trinajstić information content (AvgIpc) is 1.57. The Morgan fingerprint density at radius 2 is 0.929 bits per heavy atom. The number of urea groups is 5. The van der Waals surface area contributed by atoms with Gasteiger partial charge < -0.3 is 90.5 Å². The molecule has 3 N–H and O–H groups in total. The number of nitrogens with one attached hydrogen (secondary N) is 2. The van der Waals surface area contributed by atoms with Crippen LogP contribution in [-0.2, 0) is 93.9 Å². The Hall–Kier alpha value is -7.36.